The molecule has 102 valence electrons. The first-order chi connectivity index (χ1) is 9.22. The average molecular weight is 261 g/mol. The zero-order chi connectivity index (χ0) is 13.7. The first kappa shape index (κ1) is 13.3. The van der Waals surface area contributed by atoms with E-state index in [9.17, 15) is 0 Å². The van der Waals surface area contributed by atoms with Gasteiger partial charge in [-0.2, -0.15) is 4.98 Å². The van der Waals surface area contributed by atoms with E-state index in [0.717, 1.165) is 17.9 Å². The summed E-state index contributed by atoms with van der Waals surface area (Å²) in [5, 5.41) is 3.27. The van der Waals surface area contributed by atoms with Gasteiger partial charge < -0.3 is 15.0 Å². The third-order valence-electron chi connectivity index (χ3n) is 2.68. The van der Waals surface area contributed by atoms with Crippen LogP contribution in [0.15, 0.2) is 18.5 Å². The Morgan fingerprint density at radius 3 is 2.84 bits per heavy atom. The lowest BCUT2D eigenvalue weighted by atomic mass is 10.2. The summed E-state index contributed by atoms with van der Waals surface area (Å²) in [4.78, 5) is 16.1. The molecule has 0 aliphatic rings. The van der Waals surface area contributed by atoms with Crippen LogP contribution in [0, 0.1) is 6.92 Å². The largest absolute Gasteiger partial charge is 0.478 e. The van der Waals surface area contributed by atoms with Gasteiger partial charge in [0.15, 0.2) is 0 Å². The van der Waals surface area contributed by atoms with Crippen LogP contribution in [-0.4, -0.2) is 26.5 Å². The van der Waals surface area contributed by atoms with E-state index < -0.39 is 0 Å². The van der Waals surface area contributed by atoms with E-state index >= 15 is 0 Å². The smallest absolute Gasteiger partial charge is 0.226 e. The van der Waals surface area contributed by atoms with Gasteiger partial charge in [-0.05, 0) is 20.3 Å². The molecule has 0 saturated carbocycles. The number of aryl methyl sites for hydroxylation is 1. The quantitative estimate of drug-likeness (QED) is 0.835. The topological polar surface area (TPSA) is 75.7 Å². The number of H-pyrrole nitrogens is 1. The molecule has 0 fully saturated rings. The maximum atomic E-state index is 5.42. The number of imidazole rings is 1. The van der Waals surface area contributed by atoms with Gasteiger partial charge in [-0.15, -0.1) is 0 Å². The molecule has 6 nitrogen and oxygen atoms in total. The zero-order valence-electron chi connectivity index (χ0n) is 11.5. The number of hydrogen-bond donors (Lipinski definition) is 2. The van der Waals surface area contributed by atoms with Crippen LogP contribution in [0.2, 0.25) is 0 Å². The summed E-state index contributed by atoms with van der Waals surface area (Å²) in [6, 6.07) is 1.88. The van der Waals surface area contributed by atoms with Crippen molar-refractivity contribution in [3.63, 3.8) is 0 Å². The Kier molecular flexibility index (Phi) is 4.33. The van der Waals surface area contributed by atoms with Crippen molar-refractivity contribution >= 4 is 5.95 Å². The lowest BCUT2D eigenvalue weighted by molar-refractivity contribution is 0.326. The lowest BCUT2D eigenvalue weighted by Gasteiger charge is -2.15. The molecule has 0 radical (unpaired) electrons. The third kappa shape index (κ3) is 3.43. The first-order valence-electron chi connectivity index (χ1n) is 6.47. The molecule has 2 rings (SSSR count). The number of aromatic amines is 1. The maximum absolute atomic E-state index is 5.42. The van der Waals surface area contributed by atoms with Crippen LogP contribution in [0.4, 0.5) is 5.95 Å². The molecule has 2 heterocycles. The van der Waals surface area contributed by atoms with Gasteiger partial charge in [0, 0.05) is 24.2 Å². The van der Waals surface area contributed by atoms with E-state index in [-0.39, 0.29) is 6.04 Å². The Balaban J connectivity index is 2.17. The van der Waals surface area contributed by atoms with Crippen molar-refractivity contribution in [2.75, 3.05) is 11.9 Å². The van der Waals surface area contributed by atoms with E-state index in [2.05, 4.69) is 32.2 Å². The highest BCUT2D eigenvalue weighted by Gasteiger charge is 2.13. The van der Waals surface area contributed by atoms with Gasteiger partial charge in [-0.1, -0.05) is 6.92 Å². The minimum atomic E-state index is 0.0614. The average Bonchev–Trinajstić information content (AvgIpc) is 2.89. The second-order valence-electron chi connectivity index (χ2n) is 4.18. The van der Waals surface area contributed by atoms with Gasteiger partial charge >= 0.3 is 0 Å². The molecule has 2 N–H and O–H groups in total. The van der Waals surface area contributed by atoms with Gasteiger partial charge in [0.2, 0.25) is 11.8 Å². The predicted octanol–water partition coefficient (Wildman–Crippen LogP) is 2.47. The van der Waals surface area contributed by atoms with Gasteiger partial charge in [-0.25, -0.2) is 9.97 Å². The van der Waals surface area contributed by atoms with Crippen molar-refractivity contribution in [1.82, 2.24) is 19.9 Å². The fourth-order valence-corrected chi connectivity index (χ4v) is 1.81. The summed E-state index contributed by atoms with van der Waals surface area (Å²) < 4.78 is 5.42. The van der Waals surface area contributed by atoms with Crippen LogP contribution in [-0.2, 0) is 0 Å². The highest BCUT2D eigenvalue weighted by Crippen LogP contribution is 2.19. The van der Waals surface area contributed by atoms with Crippen LogP contribution in [0.5, 0.6) is 5.88 Å². The number of nitrogens with one attached hydrogen (secondary N) is 2. The summed E-state index contributed by atoms with van der Waals surface area (Å²) in [5.41, 5.74) is 0.871. The highest BCUT2D eigenvalue weighted by atomic mass is 16.5. The molecule has 0 spiro atoms. The Morgan fingerprint density at radius 2 is 2.21 bits per heavy atom. The van der Waals surface area contributed by atoms with Crippen LogP contribution < -0.4 is 10.1 Å². The number of nitrogens with zero attached hydrogens (tertiary/aromatic N) is 3. The molecule has 0 aliphatic heterocycles. The molecule has 0 amide bonds. The number of ether oxygens (including phenoxy) is 1. The normalized spacial score (nSPS) is 12.2. The molecule has 1 atom stereocenters. The maximum Gasteiger partial charge on any atom is 0.226 e. The van der Waals surface area contributed by atoms with Crippen molar-refractivity contribution in [3.8, 4) is 5.88 Å². The number of aromatic nitrogens is 4. The molecule has 0 saturated heterocycles. The Hall–Kier alpha value is -2.11. The molecular weight excluding hydrogens is 242 g/mol. The Bertz CT molecular complexity index is 512. The van der Waals surface area contributed by atoms with Gasteiger partial charge in [0.1, 0.15) is 5.82 Å². The van der Waals surface area contributed by atoms with E-state index in [1.165, 1.54) is 0 Å². The highest BCUT2D eigenvalue weighted by molar-refractivity contribution is 5.32. The van der Waals surface area contributed by atoms with Gasteiger partial charge in [0.25, 0.3) is 0 Å². The van der Waals surface area contributed by atoms with Crippen LogP contribution in [0.1, 0.15) is 37.8 Å². The summed E-state index contributed by atoms with van der Waals surface area (Å²) in [6.07, 6.45) is 4.43. The second-order valence-corrected chi connectivity index (χ2v) is 4.18. The SMILES string of the molecule is CCOc1cc(C)nc(NC(CC)c2ncc[nH]2)n1. The monoisotopic (exact) mass is 261 g/mol. The zero-order valence-corrected chi connectivity index (χ0v) is 11.5. The Labute approximate surface area is 112 Å². The second kappa shape index (κ2) is 6.17. The number of anilines is 1. The predicted molar refractivity (Wildman–Crippen MR) is 73.2 cm³/mol. The third-order valence-corrected chi connectivity index (χ3v) is 2.68. The molecule has 0 bridgehead atoms. The molecule has 2 aromatic heterocycles. The molecule has 0 aliphatic carbocycles. The van der Waals surface area contributed by atoms with E-state index in [1.54, 1.807) is 6.20 Å². The van der Waals surface area contributed by atoms with Gasteiger partial charge in [0.05, 0.1) is 12.6 Å². The standard InChI is InChI=1S/C13H19N5O/c1-4-10(12-14-6-7-15-12)17-13-16-9(3)8-11(18-13)19-5-2/h6-8,10H,4-5H2,1-3H3,(H,14,15)(H,16,17,18). The van der Waals surface area contributed by atoms with Crippen molar-refractivity contribution < 1.29 is 4.74 Å². The van der Waals surface area contributed by atoms with E-state index in [4.69, 9.17) is 4.74 Å². The molecule has 2 aromatic rings. The van der Waals surface area contributed by atoms with E-state index in [0.29, 0.717) is 18.4 Å². The number of hydrogen-bond acceptors (Lipinski definition) is 5. The molecule has 1 unspecified atom stereocenters. The Morgan fingerprint density at radius 1 is 1.37 bits per heavy atom. The van der Waals surface area contributed by atoms with Crippen LogP contribution >= 0.6 is 0 Å². The molecule has 6 heteroatoms. The number of rotatable bonds is 6. The van der Waals surface area contributed by atoms with Crippen molar-refractivity contribution in [2.45, 2.75) is 33.2 Å². The van der Waals surface area contributed by atoms with Gasteiger partial charge in [-0.3, -0.25) is 0 Å². The fraction of sp³-hybridized carbons (Fsp3) is 0.462. The summed E-state index contributed by atoms with van der Waals surface area (Å²) in [5.74, 6) is 2.03. The minimum Gasteiger partial charge on any atom is -0.478 e. The van der Waals surface area contributed by atoms with Crippen LogP contribution in [0.3, 0.4) is 0 Å². The van der Waals surface area contributed by atoms with Crippen molar-refractivity contribution in [2.24, 2.45) is 0 Å². The molecule has 0 aromatic carbocycles. The lowest BCUT2D eigenvalue weighted by Crippen LogP contribution is -2.14. The van der Waals surface area contributed by atoms with Crippen LogP contribution in [0.25, 0.3) is 0 Å². The molecular formula is C13H19N5O. The van der Waals surface area contributed by atoms with Crippen molar-refractivity contribution in [3.05, 3.63) is 30.0 Å². The minimum absolute atomic E-state index is 0.0614. The summed E-state index contributed by atoms with van der Waals surface area (Å²) in [6.45, 7) is 6.52. The molecule has 19 heavy (non-hydrogen) atoms. The summed E-state index contributed by atoms with van der Waals surface area (Å²) in [7, 11) is 0. The van der Waals surface area contributed by atoms with E-state index in [1.807, 2.05) is 26.1 Å². The van der Waals surface area contributed by atoms with Crippen molar-refractivity contribution in [1.29, 1.82) is 0 Å². The fourth-order valence-electron chi connectivity index (χ4n) is 1.81. The first-order valence-corrected chi connectivity index (χ1v) is 6.47. The summed E-state index contributed by atoms with van der Waals surface area (Å²) >= 11 is 0.